The van der Waals surface area contributed by atoms with E-state index in [0.717, 1.165) is 26.9 Å². The third kappa shape index (κ3) is 6.88. The van der Waals surface area contributed by atoms with E-state index in [1.54, 1.807) is 0 Å². The molecule has 0 saturated carbocycles. The Labute approximate surface area is 213 Å². The van der Waals surface area contributed by atoms with Crippen LogP contribution in [0.4, 0.5) is 17.1 Å². The Morgan fingerprint density at radius 2 is 1.06 bits per heavy atom. The van der Waals surface area contributed by atoms with Gasteiger partial charge < -0.3 is 11.1 Å². The molecule has 0 spiro atoms. The normalized spacial score (nSPS) is 9.97. The van der Waals surface area contributed by atoms with Crippen LogP contribution in [0.1, 0.15) is 0 Å². The largest absolute Gasteiger partial charge is 0.399 e. The highest BCUT2D eigenvalue weighted by Gasteiger charge is 2.00. The molecule has 6 rings (SSSR count). The van der Waals surface area contributed by atoms with Crippen molar-refractivity contribution in [1.82, 2.24) is 9.97 Å². The lowest BCUT2D eigenvalue weighted by Gasteiger charge is -2.08. The summed E-state index contributed by atoms with van der Waals surface area (Å²) in [6.07, 6.45) is 7.41. The number of hydrogen-bond acceptors (Lipinski definition) is 4. The molecule has 0 radical (unpaired) electrons. The van der Waals surface area contributed by atoms with Gasteiger partial charge in [-0.25, -0.2) is 0 Å². The third-order valence-corrected chi connectivity index (χ3v) is 5.77. The molecule has 35 heavy (non-hydrogen) atoms. The van der Waals surface area contributed by atoms with E-state index >= 15 is 0 Å². The zero-order valence-electron chi connectivity index (χ0n) is 19.1. The summed E-state index contributed by atoms with van der Waals surface area (Å²) in [6, 6.07) is 36.0. The maximum Gasteiger partial charge on any atom is 0.0650 e. The Balaban J connectivity index is 0.000000137. The summed E-state index contributed by atoms with van der Waals surface area (Å²) in [4.78, 5) is 8.31. The standard InChI is InChI=1S/C15H12N2.C9H6BrN.C6H7N/c1-2-7-13(8-3-1)17-15-11-16-10-12-6-4-5-9-14(12)15;10-9-6-11-5-7-3-1-2-4-8(7)9;7-6-4-2-1-3-5-6/h1-11,17H;1-6H;1-5H,7H2. The molecule has 3 N–H and O–H groups in total. The van der Waals surface area contributed by atoms with Crippen molar-refractivity contribution in [1.29, 1.82) is 0 Å². The van der Waals surface area contributed by atoms with Crippen molar-refractivity contribution in [2.24, 2.45) is 0 Å². The molecule has 2 aromatic heterocycles. The van der Waals surface area contributed by atoms with E-state index in [2.05, 4.69) is 49.4 Å². The van der Waals surface area contributed by atoms with Crippen molar-refractivity contribution in [2.45, 2.75) is 0 Å². The van der Waals surface area contributed by atoms with Gasteiger partial charge in [-0.3, -0.25) is 9.97 Å². The van der Waals surface area contributed by atoms with Gasteiger partial charge in [-0.15, -0.1) is 0 Å². The van der Waals surface area contributed by atoms with E-state index in [1.807, 2.05) is 116 Å². The minimum absolute atomic E-state index is 0.822. The SMILES string of the molecule is Brc1cncc2ccccc12.Nc1ccccc1.c1ccc(Nc2cncc3ccccc23)cc1. The highest BCUT2D eigenvalue weighted by molar-refractivity contribution is 9.10. The number of hydrogen-bond donors (Lipinski definition) is 2. The first-order valence-electron chi connectivity index (χ1n) is 11.1. The van der Waals surface area contributed by atoms with Gasteiger partial charge in [0.05, 0.1) is 11.9 Å². The van der Waals surface area contributed by atoms with E-state index in [-0.39, 0.29) is 0 Å². The molecule has 0 aliphatic heterocycles. The number of nitrogens with one attached hydrogen (secondary N) is 1. The molecule has 4 aromatic carbocycles. The number of nitrogen functional groups attached to an aromatic ring is 1. The first-order valence-corrected chi connectivity index (χ1v) is 11.9. The fourth-order valence-corrected chi connectivity index (χ4v) is 3.91. The predicted molar refractivity (Wildman–Crippen MR) is 152 cm³/mol. The van der Waals surface area contributed by atoms with Gasteiger partial charge in [0.1, 0.15) is 0 Å². The minimum Gasteiger partial charge on any atom is -0.399 e. The van der Waals surface area contributed by atoms with Crippen LogP contribution >= 0.6 is 15.9 Å². The molecule has 5 heteroatoms. The van der Waals surface area contributed by atoms with Crippen LogP contribution in [0.5, 0.6) is 0 Å². The number of fused-ring (bicyclic) bond motifs is 2. The first-order chi connectivity index (χ1) is 17.2. The lowest BCUT2D eigenvalue weighted by molar-refractivity contribution is 1.35. The van der Waals surface area contributed by atoms with E-state index in [9.17, 15) is 0 Å². The maximum absolute atomic E-state index is 5.36. The van der Waals surface area contributed by atoms with Crippen LogP contribution in [0.15, 0.2) is 138 Å². The molecular weight excluding hydrogens is 496 g/mol. The molecule has 0 amide bonds. The molecule has 6 aromatic rings. The molecule has 0 unspecified atom stereocenters. The number of pyridine rings is 2. The lowest BCUT2D eigenvalue weighted by atomic mass is 10.1. The smallest absolute Gasteiger partial charge is 0.0650 e. The molecule has 0 bridgehead atoms. The minimum atomic E-state index is 0.822. The van der Waals surface area contributed by atoms with Crippen LogP contribution in [0.2, 0.25) is 0 Å². The molecule has 0 atom stereocenters. The van der Waals surface area contributed by atoms with Crippen LogP contribution in [0.3, 0.4) is 0 Å². The summed E-state index contributed by atoms with van der Waals surface area (Å²) in [7, 11) is 0. The van der Waals surface area contributed by atoms with Gasteiger partial charge in [0.15, 0.2) is 0 Å². The molecule has 172 valence electrons. The Kier molecular flexibility index (Phi) is 8.41. The van der Waals surface area contributed by atoms with Gasteiger partial charge in [0, 0.05) is 50.6 Å². The third-order valence-electron chi connectivity index (χ3n) is 5.14. The summed E-state index contributed by atoms with van der Waals surface area (Å²) in [6.45, 7) is 0. The number of benzene rings is 4. The highest BCUT2D eigenvalue weighted by atomic mass is 79.9. The van der Waals surface area contributed by atoms with Crippen LogP contribution < -0.4 is 11.1 Å². The fourth-order valence-electron chi connectivity index (χ4n) is 3.43. The molecule has 0 aliphatic carbocycles. The van der Waals surface area contributed by atoms with Gasteiger partial charge in [0.2, 0.25) is 0 Å². The van der Waals surface area contributed by atoms with Crippen molar-refractivity contribution >= 4 is 54.5 Å². The Bertz CT molecular complexity index is 1480. The number of anilines is 3. The second kappa shape index (κ2) is 12.3. The van der Waals surface area contributed by atoms with Crippen LogP contribution in [-0.2, 0) is 0 Å². The quantitative estimate of drug-likeness (QED) is 0.225. The van der Waals surface area contributed by atoms with Crippen molar-refractivity contribution < 1.29 is 0 Å². The second-order valence-corrected chi connectivity index (χ2v) is 8.51. The Hall–Kier alpha value is -4.22. The summed E-state index contributed by atoms with van der Waals surface area (Å²) < 4.78 is 1.05. The second-order valence-electron chi connectivity index (χ2n) is 7.65. The number of nitrogens with zero attached hydrogens (tertiary/aromatic N) is 2. The molecule has 0 aliphatic rings. The molecule has 4 nitrogen and oxygen atoms in total. The number of nitrogens with two attached hydrogens (primary N) is 1. The van der Waals surface area contributed by atoms with Crippen molar-refractivity contribution in [3.63, 3.8) is 0 Å². The zero-order chi connectivity index (χ0) is 24.3. The van der Waals surface area contributed by atoms with Crippen LogP contribution in [0.25, 0.3) is 21.5 Å². The van der Waals surface area contributed by atoms with Crippen LogP contribution in [0, 0.1) is 0 Å². The number of rotatable bonds is 2. The molecular formula is C30H25BrN4. The monoisotopic (exact) mass is 520 g/mol. The van der Waals surface area contributed by atoms with Gasteiger partial charge >= 0.3 is 0 Å². The van der Waals surface area contributed by atoms with Gasteiger partial charge in [-0.2, -0.15) is 0 Å². The van der Waals surface area contributed by atoms with E-state index in [4.69, 9.17) is 5.73 Å². The molecule has 0 fully saturated rings. The predicted octanol–water partition coefficient (Wildman–Crippen LogP) is 8.24. The maximum atomic E-state index is 5.36. The van der Waals surface area contributed by atoms with Gasteiger partial charge in [-0.1, -0.05) is 84.9 Å². The number of halogens is 1. The number of para-hydroxylation sites is 2. The first kappa shape index (κ1) is 23.9. The summed E-state index contributed by atoms with van der Waals surface area (Å²) in [5.41, 5.74) is 8.29. The van der Waals surface area contributed by atoms with Gasteiger partial charge in [-0.05, 0) is 45.6 Å². The summed E-state index contributed by atoms with van der Waals surface area (Å²) >= 11 is 3.43. The van der Waals surface area contributed by atoms with Crippen LogP contribution in [-0.4, -0.2) is 9.97 Å². The molecule has 0 saturated heterocycles. The van der Waals surface area contributed by atoms with E-state index < -0.39 is 0 Å². The lowest BCUT2D eigenvalue weighted by Crippen LogP contribution is -1.91. The van der Waals surface area contributed by atoms with E-state index in [0.29, 0.717) is 0 Å². The van der Waals surface area contributed by atoms with E-state index in [1.165, 1.54) is 16.2 Å². The number of aromatic nitrogens is 2. The fraction of sp³-hybridized carbons (Fsp3) is 0. The van der Waals surface area contributed by atoms with Gasteiger partial charge in [0.25, 0.3) is 0 Å². The van der Waals surface area contributed by atoms with Crippen molar-refractivity contribution in [3.05, 3.63) is 138 Å². The summed E-state index contributed by atoms with van der Waals surface area (Å²) in [5, 5.41) is 8.10. The highest BCUT2D eigenvalue weighted by Crippen LogP contribution is 2.25. The summed E-state index contributed by atoms with van der Waals surface area (Å²) in [5.74, 6) is 0. The Morgan fingerprint density at radius 1 is 0.543 bits per heavy atom. The average Bonchev–Trinajstić information content (AvgIpc) is 2.91. The molecule has 2 heterocycles. The van der Waals surface area contributed by atoms with Crippen molar-refractivity contribution in [2.75, 3.05) is 11.1 Å². The zero-order valence-corrected chi connectivity index (χ0v) is 20.6. The van der Waals surface area contributed by atoms with Crippen molar-refractivity contribution in [3.8, 4) is 0 Å². The topological polar surface area (TPSA) is 63.8 Å². The average molecular weight is 521 g/mol. The Morgan fingerprint density at radius 3 is 1.66 bits per heavy atom.